The maximum absolute atomic E-state index is 9.47. The molecule has 0 aliphatic heterocycles. The molecule has 0 atom stereocenters. The van der Waals surface area contributed by atoms with Crippen molar-refractivity contribution < 1.29 is 14.2 Å². The second-order valence-corrected chi connectivity index (χ2v) is 7.33. The van der Waals surface area contributed by atoms with Gasteiger partial charge in [0.15, 0.2) is 11.5 Å². The number of aromatic nitrogens is 2. The van der Waals surface area contributed by atoms with Gasteiger partial charge in [-0.25, -0.2) is 0 Å². The standard InChI is InChI=1S/C24H25N5O3/c1-13-6-16(7-17(10-25)24(13)31-5)23(27)18-8-22(21(30-4)9-20(18)26)32-12-19-14(2)11-28-29-15(19)3/h6-9,11,27H,12,26H2,1-5H3. The quantitative estimate of drug-likeness (QED) is 0.429. The van der Waals surface area contributed by atoms with E-state index in [1.54, 1.807) is 30.5 Å². The summed E-state index contributed by atoms with van der Waals surface area (Å²) in [5.74, 6) is 1.40. The first kappa shape index (κ1) is 22.6. The van der Waals surface area contributed by atoms with Gasteiger partial charge in [0.05, 0.1) is 37.4 Å². The van der Waals surface area contributed by atoms with Crippen LogP contribution in [0.3, 0.4) is 0 Å². The van der Waals surface area contributed by atoms with Crippen LogP contribution in [-0.2, 0) is 6.61 Å². The second kappa shape index (κ2) is 9.35. The van der Waals surface area contributed by atoms with Crippen molar-refractivity contribution in [3.63, 3.8) is 0 Å². The van der Waals surface area contributed by atoms with E-state index in [-0.39, 0.29) is 12.3 Å². The summed E-state index contributed by atoms with van der Waals surface area (Å²) in [7, 11) is 3.05. The minimum Gasteiger partial charge on any atom is -0.495 e. The van der Waals surface area contributed by atoms with Gasteiger partial charge in [0, 0.05) is 28.4 Å². The molecule has 32 heavy (non-hydrogen) atoms. The molecule has 0 amide bonds. The van der Waals surface area contributed by atoms with Crippen molar-refractivity contribution in [3.8, 4) is 23.3 Å². The van der Waals surface area contributed by atoms with E-state index in [4.69, 9.17) is 25.4 Å². The molecule has 0 unspecified atom stereocenters. The number of ether oxygens (including phenoxy) is 3. The molecule has 8 heteroatoms. The van der Waals surface area contributed by atoms with Crippen LogP contribution in [-0.4, -0.2) is 30.1 Å². The number of aryl methyl sites for hydroxylation is 3. The molecule has 0 bridgehead atoms. The van der Waals surface area contributed by atoms with Gasteiger partial charge in [-0.3, -0.25) is 5.41 Å². The normalized spacial score (nSPS) is 10.4. The Morgan fingerprint density at radius 1 is 1.06 bits per heavy atom. The minimum atomic E-state index is 0.162. The number of nitriles is 1. The summed E-state index contributed by atoms with van der Waals surface area (Å²) in [6, 6.07) is 8.84. The lowest BCUT2D eigenvalue weighted by Gasteiger charge is -2.17. The summed E-state index contributed by atoms with van der Waals surface area (Å²) in [4.78, 5) is 0. The van der Waals surface area contributed by atoms with Crippen molar-refractivity contribution in [1.82, 2.24) is 10.2 Å². The van der Waals surface area contributed by atoms with E-state index in [2.05, 4.69) is 16.3 Å². The fourth-order valence-corrected chi connectivity index (χ4v) is 3.49. The summed E-state index contributed by atoms with van der Waals surface area (Å²) in [6.45, 7) is 5.91. The van der Waals surface area contributed by atoms with Crippen molar-refractivity contribution in [2.24, 2.45) is 0 Å². The number of benzene rings is 2. The predicted octanol–water partition coefficient (Wildman–Crippen LogP) is 3.87. The molecule has 3 rings (SSSR count). The van der Waals surface area contributed by atoms with Crippen LogP contribution in [0.4, 0.5) is 5.69 Å². The average molecular weight is 431 g/mol. The maximum atomic E-state index is 9.47. The van der Waals surface area contributed by atoms with Gasteiger partial charge in [-0.15, -0.1) is 0 Å². The zero-order valence-electron chi connectivity index (χ0n) is 18.7. The number of hydrogen-bond acceptors (Lipinski definition) is 8. The van der Waals surface area contributed by atoms with Crippen molar-refractivity contribution >= 4 is 11.4 Å². The molecule has 1 heterocycles. The number of nitrogens with one attached hydrogen (secondary N) is 1. The Kier molecular flexibility index (Phi) is 6.59. The molecule has 3 N–H and O–H groups in total. The molecule has 0 radical (unpaired) electrons. The summed E-state index contributed by atoms with van der Waals surface area (Å²) in [5, 5.41) is 26.2. The molecule has 0 aliphatic carbocycles. The van der Waals surface area contributed by atoms with E-state index in [0.29, 0.717) is 39.6 Å². The molecule has 0 aliphatic rings. The van der Waals surface area contributed by atoms with Crippen molar-refractivity contribution in [3.05, 3.63) is 69.5 Å². The predicted molar refractivity (Wildman–Crippen MR) is 122 cm³/mol. The Balaban J connectivity index is 2.00. The Morgan fingerprint density at radius 3 is 2.44 bits per heavy atom. The lowest BCUT2D eigenvalue weighted by Crippen LogP contribution is -2.09. The maximum Gasteiger partial charge on any atom is 0.162 e. The lowest BCUT2D eigenvalue weighted by atomic mass is 9.96. The molecule has 1 aromatic heterocycles. The van der Waals surface area contributed by atoms with Crippen molar-refractivity contribution in [1.29, 1.82) is 10.7 Å². The van der Waals surface area contributed by atoms with Crippen molar-refractivity contribution in [2.75, 3.05) is 20.0 Å². The first-order valence-electron chi connectivity index (χ1n) is 9.86. The zero-order valence-corrected chi connectivity index (χ0v) is 18.7. The van der Waals surface area contributed by atoms with Gasteiger partial charge in [-0.2, -0.15) is 15.5 Å². The third-order valence-electron chi connectivity index (χ3n) is 5.24. The van der Waals surface area contributed by atoms with Gasteiger partial charge in [0.1, 0.15) is 18.4 Å². The number of methoxy groups -OCH3 is 2. The fourth-order valence-electron chi connectivity index (χ4n) is 3.49. The summed E-state index contributed by atoms with van der Waals surface area (Å²) < 4.78 is 16.8. The summed E-state index contributed by atoms with van der Waals surface area (Å²) >= 11 is 0. The highest BCUT2D eigenvalue weighted by Gasteiger charge is 2.18. The molecule has 3 aromatic rings. The van der Waals surface area contributed by atoms with Gasteiger partial charge in [0.25, 0.3) is 0 Å². The van der Waals surface area contributed by atoms with E-state index < -0.39 is 0 Å². The molecular formula is C24H25N5O3. The molecular weight excluding hydrogens is 406 g/mol. The van der Waals surface area contributed by atoms with Crippen LogP contribution in [0.5, 0.6) is 17.2 Å². The highest BCUT2D eigenvalue weighted by atomic mass is 16.5. The molecule has 164 valence electrons. The fraction of sp³-hybridized carbons (Fsp3) is 0.250. The minimum absolute atomic E-state index is 0.162. The van der Waals surface area contributed by atoms with Crippen LogP contribution < -0.4 is 19.9 Å². The van der Waals surface area contributed by atoms with Crippen LogP contribution in [0, 0.1) is 37.5 Å². The molecule has 0 spiro atoms. The monoisotopic (exact) mass is 431 g/mol. The zero-order chi connectivity index (χ0) is 23.4. The van der Waals surface area contributed by atoms with Crippen LogP contribution in [0.2, 0.25) is 0 Å². The number of anilines is 1. The number of nitrogens with two attached hydrogens (primary N) is 1. The number of nitrogen functional groups attached to an aromatic ring is 1. The van der Waals surface area contributed by atoms with Gasteiger partial charge >= 0.3 is 0 Å². The van der Waals surface area contributed by atoms with Gasteiger partial charge in [0.2, 0.25) is 0 Å². The van der Waals surface area contributed by atoms with Crippen LogP contribution >= 0.6 is 0 Å². The van der Waals surface area contributed by atoms with Crippen molar-refractivity contribution in [2.45, 2.75) is 27.4 Å². The molecule has 2 aromatic carbocycles. The Labute approximate surface area is 187 Å². The smallest absolute Gasteiger partial charge is 0.162 e. The molecule has 0 saturated heterocycles. The molecule has 8 nitrogen and oxygen atoms in total. The van der Waals surface area contributed by atoms with E-state index in [0.717, 1.165) is 22.4 Å². The Hall–Kier alpha value is -4.12. The largest absolute Gasteiger partial charge is 0.495 e. The third-order valence-corrected chi connectivity index (χ3v) is 5.24. The lowest BCUT2D eigenvalue weighted by molar-refractivity contribution is 0.282. The van der Waals surface area contributed by atoms with Gasteiger partial charge in [-0.05, 0) is 50.1 Å². The summed E-state index contributed by atoms with van der Waals surface area (Å²) in [6.07, 6.45) is 1.69. The first-order valence-corrected chi connectivity index (χ1v) is 9.86. The van der Waals surface area contributed by atoms with E-state index in [1.165, 1.54) is 14.2 Å². The molecule has 0 saturated carbocycles. The second-order valence-electron chi connectivity index (χ2n) is 7.33. The SMILES string of the molecule is COc1cc(N)c(C(=N)c2cc(C)c(OC)c(C#N)c2)cc1OCc1c(C)cnnc1C. The van der Waals surface area contributed by atoms with Crippen LogP contribution in [0.15, 0.2) is 30.5 Å². The first-order chi connectivity index (χ1) is 15.3. The number of rotatable bonds is 7. The topological polar surface area (TPSA) is 127 Å². The van der Waals surface area contributed by atoms with Gasteiger partial charge in [-0.1, -0.05) is 0 Å². The number of nitrogens with zero attached hydrogens (tertiary/aromatic N) is 3. The van der Waals surface area contributed by atoms with E-state index in [1.807, 2.05) is 20.8 Å². The highest BCUT2D eigenvalue weighted by molar-refractivity contribution is 6.14. The third kappa shape index (κ3) is 4.32. The molecule has 0 fully saturated rings. The van der Waals surface area contributed by atoms with E-state index in [9.17, 15) is 5.26 Å². The number of hydrogen-bond donors (Lipinski definition) is 2. The highest BCUT2D eigenvalue weighted by Crippen LogP contribution is 2.35. The van der Waals surface area contributed by atoms with Crippen LogP contribution in [0.1, 0.15) is 39.1 Å². The average Bonchev–Trinajstić information content (AvgIpc) is 2.78. The van der Waals surface area contributed by atoms with Gasteiger partial charge < -0.3 is 19.9 Å². The summed E-state index contributed by atoms with van der Waals surface area (Å²) in [5.41, 5.74) is 11.6. The van der Waals surface area contributed by atoms with Crippen LogP contribution in [0.25, 0.3) is 0 Å². The Bertz CT molecular complexity index is 1210. The van der Waals surface area contributed by atoms with E-state index >= 15 is 0 Å². The Morgan fingerprint density at radius 2 is 1.81 bits per heavy atom.